The van der Waals surface area contributed by atoms with Crippen LogP contribution in [0.3, 0.4) is 0 Å². The number of rotatable bonds is 6. The number of carbonyl (C=O) groups is 2. The van der Waals surface area contributed by atoms with Crippen LogP contribution in [-0.2, 0) is 16.0 Å². The van der Waals surface area contributed by atoms with Gasteiger partial charge < -0.3 is 16.0 Å². The van der Waals surface area contributed by atoms with Crippen molar-refractivity contribution in [1.29, 1.82) is 0 Å². The van der Waals surface area contributed by atoms with Crippen molar-refractivity contribution in [3.05, 3.63) is 48.0 Å². The highest BCUT2D eigenvalue weighted by atomic mass is 16.2. The van der Waals surface area contributed by atoms with Gasteiger partial charge in [-0.25, -0.2) is 0 Å². The van der Waals surface area contributed by atoms with Crippen LogP contribution in [0.2, 0.25) is 0 Å². The van der Waals surface area contributed by atoms with Gasteiger partial charge in [-0.15, -0.1) is 0 Å². The fourth-order valence-corrected chi connectivity index (χ4v) is 4.04. The number of primary amides is 1. The van der Waals surface area contributed by atoms with E-state index >= 15 is 0 Å². The van der Waals surface area contributed by atoms with Crippen LogP contribution in [0.5, 0.6) is 0 Å². The number of hydrogen-bond donors (Lipinski definition) is 2. The van der Waals surface area contributed by atoms with Crippen LogP contribution in [0.25, 0.3) is 10.8 Å². The van der Waals surface area contributed by atoms with Gasteiger partial charge in [-0.3, -0.25) is 9.59 Å². The Morgan fingerprint density at radius 1 is 1.21 bits per heavy atom. The number of carbonyl (C=O) groups excluding carboxylic acids is 2. The summed E-state index contributed by atoms with van der Waals surface area (Å²) < 4.78 is 0. The number of benzene rings is 2. The first kappa shape index (κ1) is 20.3. The van der Waals surface area contributed by atoms with Crippen molar-refractivity contribution in [2.24, 2.45) is 11.7 Å². The molecule has 3 rings (SSSR count). The summed E-state index contributed by atoms with van der Waals surface area (Å²) in [4.78, 5) is 27.3. The maximum atomic E-state index is 13.2. The third-order valence-corrected chi connectivity index (χ3v) is 5.52. The molecule has 2 aromatic carbocycles. The zero-order valence-electron chi connectivity index (χ0n) is 17.0. The first-order chi connectivity index (χ1) is 13.3. The second-order valence-corrected chi connectivity index (χ2v) is 8.37. The van der Waals surface area contributed by atoms with Gasteiger partial charge in [-0.1, -0.05) is 56.3 Å². The Bertz CT molecular complexity index is 849. The number of nitrogens with zero attached hydrogens (tertiary/aromatic N) is 1. The molecule has 1 aliphatic heterocycles. The van der Waals surface area contributed by atoms with E-state index in [4.69, 9.17) is 5.73 Å². The minimum atomic E-state index is -0.629. The third kappa shape index (κ3) is 4.71. The summed E-state index contributed by atoms with van der Waals surface area (Å²) in [5, 5.41) is 5.71. The first-order valence-electron chi connectivity index (χ1n) is 10.2. The van der Waals surface area contributed by atoms with Crippen LogP contribution < -0.4 is 11.1 Å². The van der Waals surface area contributed by atoms with E-state index in [1.54, 1.807) is 4.90 Å². The van der Waals surface area contributed by atoms with Crippen LogP contribution in [-0.4, -0.2) is 41.4 Å². The molecule has 3 unspecified atom stereocenters. The quantitative estimate of drug-likeness (QED) is 0.808. The zero-order chi connectivity index (χ0) is 20.3. The van der Waals surface area contributed by atoms with Crippen molar-refractivity contribution >= 4 is 22.6 Å². The Hall–Kier alpha value is -2.40. The molecular formula is C23H31N3O2. The van der Waals surface area contributed by atoms with E-state index < -0.39 is 11.9 Å². The van der Waals surface area contributed by atoms with Crippen LogP contribution in [0.15, 0.2) is 42.5 Å². The summed E-state index contributed by atoms with van der Waals surface area (Å²) in [5.74, 6) is -0.0666. The molecule has 1 aliphatic rings. The van der Waals surface area contributed by atoms with E-state index in [2.05, 4.69) is 50.4 Å². The van der Waals surface area contributed by atoms with E-state index in [1.807, 2.05) is 18.2 Å². The van der Waals surface area contributed by atoms with Crippen molar-refractivity contribution in [2.45, 2.75) is 58.2 Å². The number of hydrogen-bond acceptors (Lipinski definition) is 3. The molecule has 3 atom stereocenters. The molecule has 0 aromatic heterocycles. The molecule has 0 radical (unpaired) electrons. The highest BCUT2D eigenvalue weighted by Crippen LogP contribution is 2.21. The van der Waals surface area contributed by atoms with E-state index in [0.717, 1.165) is 29.2 Å². The molecule has 2 amide bonds. The van der Waals surface area contributed by atoms with Gasteiger partial charge >= 0.3 is 0 Å². The summed E-state index contributed by atoms with van der Waals surface area (Å²) in [5.41, 5.74) is 6.78. The monoisotopic (exact) mass is 381 g/mol. The van der Waals surface area contributed by atoms with Crippen molar-refractivity contribution in [3.8, 4) is 0 Å². The zero-order valence-corrected chi connectivity index (χ0v) is 17.0. The highest BCUT2D eigenvalue weighted by molar-refractivity contribution is 5.90. The predicted molar refractivity (Wildman–Crippen MR) is 113 cm³/mol. The molecule has 1 fully saturated rings. The topological polar surface area (TPSA) is 75.4 Å². The van der Waals surface area contributed by atoms with E-state index in [1.165, 1.54) is 0 Å². The average Bonchev–Trinajstić information content (AvgIpc) is 2.78. The third-order valence-electron chi connectivity index (χ3n) is 5.52. The Balaban J connectivity index is 1.86. The summed E-state index contributed by atoms with van der Waals surface area (Å²) in [6.07, 6.45) is 2.00. The summed E-state index contributed by atoms with van der Waals surface area (Å²) in [6, 6.07) is 13.6. The Kier molecular flexibility index (Phi) is 6.35. The van der Waals surface area contributed by atoms with Gasteiger partial charge in [0.1, 0.15) is 6.04 Å². The molecule has 1 saturated heterocycles. The summed E-state index contributed by atoms with van der Waals surface area (Å²) in [7, 11) is 0. The van der Waals surface area contributed by atoms with Crippen LogP contribution in [0.1, 0.15) is 39.2 Å². The smallest absolute Gasteiger partial charge is 0.240 e. The van der Waals surface area contributed by atoms with Gasteiger partial charge in [0.15, 0.2) is 0 Å². The molecule has 1 heterocycles. The van der Waals surface area contributed by atoms with Gasteiger partial charge in [-0.2, -0.15) is 0 Å². The number of nitrogens with two attached hydrogens (primary N) is 1. The number of amides is 2. The molecule has 0 aliphatic carbocycles. The molecule has 0 saturated carbocycles. The second-order valence-electron chi connectivity index (χ2n) is 8.37. The molecule has 5 heteroatoms. The Morgan fingerprint density at radius 3 is 2.61 bits per heavy atom. The van der Waals surface area contributed by atoms with E-state index in [0.29, 0.717) is 18.9 Å². The van der Waals surface area contributed by atoms with Crippen molar-refractivity contribution < 1.29 is 9.59 Å². The molecule has 0 spiro atoms. The van der Waals surface area contributed by atoms with Crippen molar-refractivity contribution in [1.82, 2.24) is 10.2 Å². The Labute approximate surface area is 167 Å². The van der Waals surface area contributed by atoms with Crippen molar-refractivity contribution in [3.63, 3.8) is 0 Å². The summed E-state index contributed by atoms with van der Waals surface area (Å²) in [6.45, 7) is 6.85. The van der Waals surface area contributed by atoms with Gasteiger partial charge in [0.05, 0.1) is 6.04 Å². The van der Waals surface area contributed by atoms with Gasteiger partial charge in [0, 0.05) is 19.0 Å². The Morgan fingerprint density at radius 2 is 1.93 bits per heavy atom. The minimum absolute atomic E-state index is 0.0114. The molecule has 150 valence electrons. The molecule has 5 nitrogen and oxygen atoms in total. The maximum absolute atomic E-state index is 13.2. The molecule has 3 N–H and O–H groups in total. The fraction of sp³-hybridized carbons (Fsp3) is 0.478. The maximum Gasteiger partial charge on any atom is 0.240 e. The molecular weight excluding hydrogens is 350 g/mol. The number of nitrogens with one attached hydrogen (secondary N) is 1. The lowest BCUT2D eigenvalue weighted by molar-refractivity contribution is -0.140. The van der Waals surface area contributed by atoms with Gasteiger partial charge in [0.25, 0.3) is 0 Å². The van der Waals surface area contributed by atoms with Gasteiger partial charge in [0.2, 0.25) is 11.8 Å². The SMILES string of the molecule is CC(C)CC1NC(C)CCN(C(Cc2ccc3ccccc3c2)C(N)=O)C1=O. The minimum Gasteiger partial charge on any atom is -0.368 e. The van der Waals surface area contributed by atoms with Crippen molar-refractivity contribution in [2.75, 3.05) is 6.54 Å². The summed E-state index contributed by atoms with van der Waals surface area (Å²) >= 11 is 0. The predicted octanol–water partition coefficient (Wildman–Crippen LogP) is 2.86. The lowest BCUT2D eigenvalue weighted by atomic mass is 9.98. The largest absolute Gasteiger partial charge is 0.368 e. The lowest BCUT2D eigenvalue weighted by Crippen LogP contribution is -2.53. The van der Waals surface area contributed by atoms with Crippen LogP contribution >= 0.6 is 0 Å². The normalized spacial score (nSPS) is 21.7. The standard InChI is InChI=1S/C23H31N3O2/c1-15(2)12-20-23(28)26(11-10-16(3)25-20)21(22(24)27)14-17-8-9-18-6-4-5-7-19(18)13-17/h4-9,13,15-16,20-21,25H,10-12,14H2,1-3H3,(H2,24,27). The average molecular weight is 382 g/mol. The van der Waals surface area contributed by atoms with Gasteiger partial charge in [-0.05, 0) is 42.0 Å². The highest BCUT2D eigenvalue weighted by Gasteiger charge is 2.35. The van der Waals surface area contributed by atoms with Crippen LogP contribution in [0, 0.1) is 5.92 Å². The molecule has 28 heavy (non-hydrogen) atoms. The number of fused-ring (bicyclic) bond motifs is 1. The first-order valence-corrected chi connectivity index (χ1v) is 10.2. The fourth-order valence-electron chi connectivity index (χ4n) is 4.04. The lowest BCUT2D eigenvalue weighted by Gasteiger charge is -2.31. The molecule has 0 bridgehead atoms. The van der Waals surface area contributed by atoms with Crippen LogP contribution in [0.4, 0.5) is 0 Å². The second kappa shape index (κ2) is 8.74. The van der Waals surface area contributed by atoms with E-state index in [9.17, 15) is 9.59 Å². The van der Waals surface area contributed by atoms with E-state index in [-0.39, 0.29) is 18.0 Å². The molecule has 2 aromatic rings.